The molecule has 6 nitrogen and oxygen atoms in total. The van der Waals surface area contributed by atoms with Crippen LogP contribution in [0, 0.1) is 5.92 Å². The van der Waals surface area contributed by atoms with E-state index in [4.69, 9.17) is 27.7 Å². The molecule has 3 aromatic carbocycles. The average Bonchev–Trinajstić information content (AvgIpc) is 3.38. The predicted octanol–water partition coefficient (Wildman–Crippen LogP) is 7.19. The summed E-state index contributed by atoms with van der Waals surface area (Å²) in [5.74, 6) is 1.76. The Labute approximate surface area is 230 Å². The van der Waals surface area contributed by atoms with Gasteiger partial charge in [-0.3, -0.25) is 9.69 Å². The van der Waals surface area contributed by atoms with Crippen LogP contribution < -0.4 is 5.32 Å². The summed E-state index contributed by atoms with van der Waals surface area (Å²) >= 11 is 13.8. The largest absolute Gasteiger partial charge is 0.338 e. The van der Waals surface area contributed by atoms with Crippen LogP contribution in [0.15, 0.2) is 82.2 Å². The first-order valence-electron chi connectivity index (χ1n) is 12.1. The number of carbonyl (C=O) groups excluding carboxylic acids is 1. The smallest absolute Gasteiger partial charge is 0.241 e. The number of likely N-dealkylation sites (tertiary alicyclic amines) is 1. The highest BCUT2D eigenvalue weighted by molar-refractivity contribution is 7.98. The normalized spacial score (nSPS) is 16.0. The number of hydrogen-bond acceptors (Lipinski definition) is 6. The van der Waals surface area contributed by atoms with Crippen LogP contribution in [0.5, 0.6) is 0 Å². The first-order valence-corrected chi connectivity index (χ1v) is 13.9. The van der Waals surface area contributed by atoms with Gasteiger partial charge in [-0.15, -0.1) is 11.8 Å². The molecule has 1 aliphatic rings. The van der Waals surface area contributed by atoms with E-state index in [9.17, 15) is 4.79 Å². The zero-order valence-electron chi connectivity index (χ0n) is 20.1. The molecule has 1 amide bonds. The number of benzene rings is 3. The number of amides is 1. The van der Waals surface area contributed by atoms with E-state index in [2.05, 4.69) is 20.4 Å². The number of aromatic nitrogens is 2. The molecule has 4 aromatic rings. The minimum absolute atomic E-state index is 0.0365. The number of halogens is 2. The Morgan fingerprint density at radius 3 is 2.73 bits per heavy atom. The van der Waals surface area contributed by atoms with Crippen LogP contribution in [-0.4, -0.2) is 34.0 Å². The molecule has 1 aliphatic heterocycles. The number of nitrogens with zero attached hydrogens (tertiary/aromatic N) is 3. The van der Waals surface area contributed by atoms with E-state index in [0.29, 0.717) is 29.8 Å². The summed E-state index contributed by atoms with van der Waals surface area (Å²) in [6.45, 7) is 2.03. The summed E-state index contributed by atoms with van der Waals surface area (Å²) in [4.78, 5) is 21.0. The first-order chi connectivity index (χ1) is 18.0. The van der Waals surface area contributed by atoms with Crippen LogP contribution in [0.2, 0.25) is 10.0 Å². The summed E-state index contributed by atoms with van der Waals surface area (Å²) in [7, 11) is 0. The van der Waals surface area contributed by atoms with Crippen molar-refractivity contribution in [2.45, 2.75) is 30.0 Å². The van der Waals surface area contributed by atoms with Crippen LogP contribution in [-0.2, 0) is 17.1 Å². The van der Waals surface area contributed by atoms with Gasteiger partial charge in [-0.25, -0.2) is 0 Å². The fraction of sp³-hybridized carbons (Fsp3) is 0.250. The first kappa shape index (κ1) is 25.8. The molecule has 2 heterocycles. The molecular weight excluding hydrogens is 527 g/mol. The molecule has 9 heteroatoms. The minimum Gasteiger partial charge on any atom is -0.338 e. The quantitative estimate of drug-likeness (QED) is 0.233. The zero-order valence-corrected chi connectivity index (χ0v) is 22.4. The van der Waals surface area contributed by atoms with Gasteiger partial charge in [0.05, 0.1) is 18.2 Å². The molecule has 0 aliphatic carbocycles. The standard InChI is InChI=1S/C28H26Cl2N4O2S/c29-22-12-10-19(11-13-22)18-37-25-9-2-1-8-24(25)31-28(35)21-6-4-14-34(16-21)17-26-32-27(33-36-26)20-5-3-7-23(30)15-20/h1-3,5,7-13,15,21H,4,6,14,16-18H2,(H,31,35). The number of thioether (sulfide) groups is 1. The van der Waals surface area contributed by atoms with E-state index in [1.807, 2.05) is 72.8 Å². The third-order valence-electron chi connectivity index (χ3n) is 6.24. The van der Waals surface area contributed by atoms with Gasteiger partial charge in [-0.1, -0.05) is 64.8 Å². The maximum atomic E-state index is 13.2. The Bertz CT molecular complexity index is 1360. The van der Waals surface area contributed by atoms with E-state index in [0.717, 1.165) is 46.3 Å². The van der Waals surface area contributed by atoms with Crippen LogP contribution in [0.25, 0.3) is 11.4 Å². The SMILES string of the molecule is O=C(Nc1ccccc1SCc1ccc(Cl)cc1)C1CCCN(Cc2nc(-c3cccc(Cl)c3)no2)C1. The third-order valence-corrected chi connectivity index (χ3v) is 7.87. The van der Waals surface area contributed by atoms with Gasteiger partial charge in [0.15, 0.2) is 0 Å². The topological polar surface area (TPSA) is 71.3 Å². The molecule has 0 radical (unpaired) electrons. The van der Waals surface area contributed by atoms with Crippen molar-refractivity contribution in [3.63, 3.8) is 0 Å². The van der Waals surface area contributed by atoms with Crippen molar-refractivity contribution < 1.29 is 9.32 Å². The van der Waals surface area contributed by atoms with Crippen LogP contribution in [0.4, 0.5) is 5.69 Å². The monoisotopic (exact) mass is 552 g/mol. The van der Waals surface area contributed by atoms with Gasteiger partial charge in [0, 0.05) is 32.8 Å². The number of piperidine rings is 1. The molecule has 1 unspecified atom stereocenters. The number of carbonyl (C=O) groups is 1. The Kier molecular flexibility index (Phi) is 8.46. The van der Waals surface area contributed by atoms with Gasteiger partial charge in [0.1, 0.15) is 0 Å². The van der Waals surface area contributed by atoms with Crippen molar-refractivity contribution in [1.82, 2.24) is 15.0 Å². The third kappa shape index (κ3) is 6.93. The predicted molar refractivity (Wildman–Crippen MR) is 149 cm³/mol. The highest BCUT2D eigenvalue weighted by Gasteiger charge is 2.27. The zero-order chi connectivity index (χ0) is 25.6. The van der Waals surface area contributed by atoms with Crippen molar-refractivity contribution in [2.75, 3.05) is 18.4 Å². The maximum absolute atomic E-state index is 13.2. The Hall–Kier alpha value is -2.84. The molecule has 1 saturated heterocycles. The van der Waals surface area contributed by atoms with Gasteiger partial charge in [-0.05, 0) is 61.3 Å². The van der Waals surface area contributed by atoms with Gasteiger partial charge < -0.3 is 9.84 Å². The molecule has 0 bridgehead atoms. The lowest BCUT2D eigenvalue weighted by atomic mass is 9.97. The molecule has 1 aromatic heterocycles. The van der Waals surface area contributed by atoms with Gasteiger partial charge in [-0.2, -0.15) is 4.98 Å². The molecule has 1 N–H and O–H groups in total. The van der Waals surface area contributed by atoms with Crippen LogP contribution >= 0.6 is 35.0 Å². The van der Waals surface area contributed by atoms with Gasteiger partial charge in [0.2, 0.25) is 17.6 Å². The summed E-state index contributed by atoms with van der Waals surface area (Å²) < 4.78 is 5.48. The maximum Gasteiger partial charge on any atom is 0.241 e. The highest BCUT2D eigenvalue weighted by atomic mass is 35.5. The summed E-state index contributed by atoms with van der Waals surface area (Å²) in [5, 5.41) is 8.62. The van der Waals surface area contributed by atoms with Crippen molar-refractivity contribution in [3.8, 4) is 11.4 Å². The number of nitrogens with one attached hydrogen (secondary N) is 1. The molecule has 1 atom stereocenters. The van der Waals surface area contributed by atoms with E-state index in [-0.39, 0.29) is 11.8 Å². The van der Waals surface area contributed by atoms with Crippen molar-refractivity contribution in [1.29, 1.82) is 0 Å². The van der Waals surface area contributed by atoms with Crippen LogP contribution in [0.1, 0.15) is 24.3 Å². The summed E-state index contributed by atoms with van der Waals surface area (Å²) in [6.07, 6.45) is 1.78. The van der Waals surface area contributed by atoms with Gasteiger partial charge >= 0.3 is 0 Å². The lowest BCUT2D eigenvalue weighted by Crippen LogP contribution is -2.40. The fourth-order valence-electron chi connectivity index (χ4n) is 4.34. The van der Waals surface area contributed by atoms with Crippen molar-refractivity contribution in [3.05, 3.63) is 94.3 Å². The summed E-state index contributed by atoms with van der Waals surface area (Å²) in [5.41, 5.74) is 2.83. The Morgan fingerprint density at radius 2 is 1.89 bits per heavy atom. The molecule has 37 heavy (non-hydrogen) atoms. The number of rotatable bonds is 8. The highest BCUT2D eigenvalue weighted by Crippen LogP contribution is 2.31. The second-order valence-electron chi connectivity index (χ2n) is 9.00. The van der Waals surface area contributed by atoms with Gasteiger partial charge in [0.25, 0.3) is 0 Å². The van der Waals surface area contributed by atoms with Crippen LogP contribution in [0.3, 0.4) is 0 Å². The van der Waals surface area contributed by atoms with Crippen molar-refractivity contribution in [2.24, 2.45) is 5.92 Å². The van der Waals surface area contributed by atoms with E-state index in [1.165, 1.54) is 5.56 Å². The second kappa shape index (κ2) is 12.1. The lowest BCUT2D eigenvalue weighted by molar-refractivity contribution is -0.121. The Balaban J connectivity index is 1.18. The molecule has 5 rings (SSSR count). The second-order valence-corrected chi connectivity index (χ2v) is 10.9. The Morgan fingerprint density at radius 1 is 1.05 bits per heavy atom. The molecule has 0 saturated carbocycles. The average molecular weight is 554 g/mol. The molecule has 190 valence electrons. The van der Waals surface area contributed by atoms with E-state index < -0.39 is 0 Å². The lowest BCUT2D eigenvalue weighted by Gasteiger charge is -2.31. The van der Waals surface area contributed by atoms with Crippen molar-refractivity contribution >= 4 is 46.6 Å². The molecular formula is C28H26Cl2N4O2S. The van der Waals surface area contributed by atoms with E-state index >= 15 is 0 Å². The van der Waals surface area contributed by atoms with E-state index in [1.54, 1.807) is 11.8 Å². The number of hydrogen-bond donors (Lipinski definition) is 1. The number of para-hydroxylation sites is 1. The minimum atomic E-state index is -0.113. The number of anilines is 1. The molecule has 0 spiro atoms. The summed E-state index contributed by atoms with van der Waals surface area (Å²) in [6, 6.07) is 23.1. The molecule has 1 fully saturated rings. The fourth-order valence-corrected chi connectivity index (χ4v) is 5.62.